The van der Waals surface area contributed by atoms with Crippen molar-refractivity contribution in [1.29, 1.82) is 0 Å². The normalized spacial score (nSPS) is 17.9. The van der Waals surface area contributed by atoms with E-state index in [0.29, 0.717) is 13.3 Å². The van der Waals surface area contributed by atoms with Crippen LogP contribution in [0.25, 0.3) is 0 Å². The molecule has 6 nitrogen and oxygen atoms in total. The van der Waals surface area contributed by atoms with Gasteiger partial charge in [-0.1, -0.05) is 6.07 Å². The summed E-state index contributed by atoms with van der Waals surface area (Å²) >= 11 is 0. The second-order valence-electron chi connectivity index (χ2n) is 5.29. The lowest BCUT2D eigenvalue weighted by atomic mass is 10.1. The van der Waals surface area contributed by atoms with Crippen molar-refractivity contribution in [2.24, 2.45) is 0 Å². The van der Waals surface area contributed by atoms with Crippen LogP contribution in [0.4, 0.5) is 4.79 Å². The van der Waals surface area contributed by atoms with E-state index in [9.17, 15) is 4.79 Å². The van der Waals surface area contributed by atoms with Crippen LogP contribution < -0.4 is 14.8 Å². The Morgan fingerprint density at radius 2 is 1.95 bits per heavy atom. The molecule has 2 aliphatic heterocycles. The molecule has 1 N–H and O–H groups in total. The van der Waals surface area contributed by atoms with Gasteiger partial charge in [0, 0.05) is 39.3 Å². The number of amides is 2. The molecule has 2 amide bonds. The fourth-order valence-electron chi connectivity index (χ4n) is 2.67. The first-order chi connectivity index (χ1) is 10.3. The highest BCUT2D eigenvalue weighted by Gasteiger charge is 2.21. The Balaban J connectivity index is 1.52. The first-order valence-electron chi connectivity index (χ1n) is 7.40. The number of ether oxygens (including phenoxy) is 2. The summed E-state index contributed by atoms with van der Waals surface area (Å²) in [6.07, 6.45) is 0. The van der Waals surface area contributed by atoms with Crippen LogP contribution in [0.2, 0.25) is 0 Å². The molecule has 0 unspecified atom stereocenters. The van der Waals surface area contributed by atoms with E-state index >= 15 is 0 Å². The molecule has 6 heteroatoms. The molecule has 1 aromatic rings. The number of fused-ring (bicyclic) bond motifs is 1. The summed E-state index contributed by atoms with van der Waals surface area (Å²) in [7, 11) is 0. The molecule has 1 saturated heterocycles. The van der Waals surface area contributed by atoms with E-state index < -0.39 is 0 Å². The maximum atomic E-state index is 11.8. The van der Waals surface area contributed by atoms with Crippen LogP contribution >= 0.6 is 0 Å². The van der Waals surface area contributed by atoms with Crippen LogP contribution in [0.1, 0.15) is 12.5 Å². The van der Waals surface area contributed by atoms with Gasteiger partial charge in [0.2, 0.25) is 6.79 Å². The first-order valence-corrected chi connectivity index (χ1v) is 7.40. The van der Waals surface area contributed by atoms with E-state index in [4.69, 9.17) is 9.47 Å². The van der Waals surface area contributed by atoms with E-state index in [1.807, 2.05) is 24.0 Å². The van der Waals surface area contributed by atoms with E-state index in [1.165, 1.54) is 5.56 Å². The van der Waals surface area contributed by atoms with Gasteiger partial charge in [-0.05, 0) is 24.6 Å². The summed E-state index contributed by atoms with van der Waals surface area (Å²) in [4.78, 5) is 16.0. The molecule has 0 atom stereocenters. The molecule has 1 aromatic carbocycles. The van der Waals surface area contributed by atoms with Crippen molar-refractivity contribution in [3.63, 3.8) is 0 Å². The Labute approximate surface area is 124 Å². The summed E-state index contributed by atoms with van der Waals surface area (Å²) in [5, 5.41) is 2.85. The molecule has 114 valence electrons. The van der Waals surface area contributed by atoms with Gasteiger partial charge in [-0.3, -0.25) is 4.90 Å². The zero-order valence-corrected chi connectivity index (χ0v) is 12.3. The molecule has 0 aliphatic carbocycles. The van der Waals surface area contributed by atoms with Gasteiger partial charge in [-0.15, -0.1) is 0 Å². The van der Waals surface area contributed by atoms with Crippen molar-refractivity contribution < 1.29 is 14.3 Å². The van der Waals surface area contributed by atoms with Gasteiger partial charge in [0.15, 0.2) is 11.5 Å². The lowest BCUT2D eigenvalue weighted by molar-refractivity contribution is 0.135. The van der Waals surface area contributed by atoms with Crippen molar-refractivity contribution in [2.45, 2.75) is 13.5 Å². The van der Waals surface area contributed by atoms with Crippen LogP contribution in [0, 0.1) is 0 Å². The molecule has 0 spiro atoms. The molecular formula is C15H21N3O3. The topological polar surface area (TPSA) is 54.0 Å². The van der Waals surface area contributed by atoms with Gasteiger partial charge >= 0.3 is 6.03 Å². The number of hydrogen-bond donors (Lipinski definition) is 1. The van der Waals surface area contributed by atoms with E-state index in [-0.39, 0.29) is 6.03 Å². The third kappa shape index (κ3) is 3.21. The average molecular weight is 291 g/mol. The lowest BCUT2D eigenvalue weighted by Crippen LogP contribution is -2.51. The Morgan fingerprint density at radius 3 is 2.71 bits per heavy atom. The maximum Gasteiger partial charge on any atom is 0.317 e. The number of hydrogen-bond acceptors (Lipinski definition) is 4. The third-order valence-electron chi connectivity index (χ3n) is 3.83. The predicted molar refractivity (Wildman–Crippen MR) is 78.5 cm³/mol. The van der Waals surface area contributed by atoms with Gasteiger partial charge in [0.25, 0.3) is 0 Å². The van der Waals surface area contributed by atoms with E-state index in [0.717, 1.165) is 44.2 Å². The lowest BCUT2D eigenvalue weighted by Gasteiger charge is -2.34. The van der Waals surface area contributed by atoms with Gasteiger partial charge in [-0.25, -0.2) is 4.79 Å². The highest BCUT2D eigenvalue weighted by molar-refractivity contribution is 5.74. The molecule has 21 heavy (non-hydrogen) atoms. The molecule has 0 saturated carbocycles. The third-order valence-corrected chi connectivity index (χ3v) is 3.83. The highest BCUT2D eigenvalue weighted by Crippen LogP contribution is 2.32. The second-order valence-corrected chi connectivity index (χ2v) is 5.29. The average Bonchev–Trinajstić information content (AvgIpc) is 2.96. The van der Waals surface area contributed by atoms with E-state index in [2.05, 4.69) is 16.3 Å². The number of benzene rings is 1. The smallest absolute Gasteiger partial charge is 0.317 e. The molecule has 2 heterocycles. The monoisotopic (exact) mass is 291 g/mol. The molecule has 0 aromatic heterocycles. The van der Waals surface area contributed by atoms with Crippen molar-refractivity contribution in [3.05, 3.63) is 23.8 Å². The quantitative estimate of drug-likeness (QED) is 0.911. The highest BCUT2D eigenvalue weighted by atomic mass is 16.7. The second kappa shape index (κ2) is 6.22. The number of carbonyl (C=O) groups is 1. The minimum Gasteiger partial charge on any atom is -0.454 e. The van der Waals surface area contributed by atoms with Gasteiger partial charge in [0.1, 0.15) is 0 Å². The number of nitrogens with one attached hydrogen (secondary N) is 1. The Morgan fingerprint density at radius 1 is 1.19 bits per heavy atom. The zero-order valence-electron chi connectivity index (χ0n) is 12.3. The Bertz CT molecular complexity index is 513. The summed E-state index contributed by atoms with van der Waals surface area (Å²) in [5.41, 5.74) is 1.21. The van der Waals surface area contributed by atoms with Gasteiger partial charge < -0.3 is 19.7 Å². The first kappa shape index (κ1) is 14.0. The van der Waals surface area contributed by atoms with Gasteiger partial charge in [0.05, 0.1) is 0 Å². The number of piperazine rings is 1. The molecular weight excluding hydrogens is 270 g/mol. The summed E-state index contributed by atoms with van der Waals surface area (Å²) in [6.45, 7) is 7.14. The minimum absolute atomic E-state index is 0.0419. The van der Waals surface area contributed by atoms with Crippen LogP contribution in [0.15, 0.2) is 18.2 Å². The number of nitrogens with zero attached hydrogens (tertiary/aromatic N) is 2. The molecule has 1 fully saturated rings. The van der Waals surface area contributed by atoms with Crippen LogP contribution in [-0.4, -0.2) is 55.3 Å². The molecule has 2 aliphatic rings. The summed E-state index contributed by atoms with van der Waals surface area (Å²) in [5.74, 6) is 1.65. The fourth-order valence-corrected chi connectivity index (χ4v) is 2.67. The minimum atomic E-state index is 0.0419. The van der Waals surface area contributed by atoms with Crippen LogP contribution in [0.5, 0.6) is 11.5 Å². The van der Waals surface area contributed by atoms with Crippen molar-refractivity contribution >= 4 is 6.03 Å². The maximum absolute atomic E-state index is 11.8. The standard InChI is InChI=1S/C15H21N3O3/c1-2-16-15(19)18-7-5-17(6-8-18)10-12-3-4-13-14(9-12)21-11-20-13/h3-4,9H,2,5-8,10-11H2,1H3,(H,16,19). The fraction of sp³-hybridized carbons (Fsp3) is 0.533. The van der Waals surface area contributed by atoms with Gasteiger partial charge in [-0.2, -0.15) is 0 Å². The molecule has 0 radical (unpaired) electrons. The van der Waals surface area contributed by atoms with Crippen LogP contribution in [-0.2, 0) is 6.54 Å². The van der Waals surface area contributed by atoms with E-state index in [1.54, 1.807) is 0 Å². The number of carbonyl (C=O) groups excluding carboxylic acids is 1. The molecule has 0 bridgehead atoms. The zero-order chi connectivity index (χ0) is 14.7. The van der Waals surface area contributed by atoms with Crippen molar-refractivity contribution in [1.82, 2.24) is 15.1 Å². The Kier molecular flexibility index (Phi) is 4.15. The molecule has 3 rings (SSSR count). The summed E-state index contributed by atoms with van der Waals surface area (Å²) in [6, 6.07) is 6.12. The number of urea groups is 1. The van der Waals surface area contributed by atoms with Crippen LogP contribution in [0.3, 0.4) is 0 Å². The SMILES string of the molecule is CCNC(=O)N1CCN(Cc2ccc3c(c2)OCO3)CC1. The Hall–Kier alpha value is -1.95. The number of rotatable bonds is 3. The summed E-state index contributed by atoms with van der Waals surface area (Å²) < 4.78 is 10.7. The predicted octanol–water partition coefficient (Wildman–Crippen LogP) is 1.26. The van der Waals surface area contributed by atoms with Crippen molar-refractivity contribution in [2.75, 3.05) is 39.5 Å². The van der Waals surface area contributed by atoms with Crippen molar-refractivity contribution in [3.8, 4) is 11.5 Å². The largest absolute Gasteiger partial charge is 0.454 e.